The van der Waals surface area contributed by atoms with Crippen LogP contribution in [0.4, 0.5) is 0 Å². The summed E-state index contributed by atoms with van der Waals surface area (Å²) in [5, 5.41) is -0.206. The Balaban J connectivity index is 3.29. The number of hydrogen-bond acceptors (Lipinski definition) is 1. The fourth-order valence-electron chi connectivity index (χ4n) is 2.17. The molecule has 0 heterocycles. The van der Waals surface area contributed by atoms with Gasteiger partial charge in [-0.05, 0) is 56.5 Å². The molecule has 22 heavy (non-hydrogen) atoms. The van der Waals surface area contributed by atoms with E-state index in [1.807, 2.05) is 0 Å². The highest BCUT2D eigenvalue weighted by molar-refractivity contribution is 6.63. The number of carbonyl (C=O) groups excluding carboxylic acids is 1. The highest BCUT2D eigenvalue weighted by Gasteiger charge is 1.94. The smallest absolute Gasteiger partial charge is 0.221 e. The van der Waals surface area contributed by atoms with Crippen molar-refractivity contribution in [3.63, 3.8) is 0 Å². The van der Waals surface area contributed by atoms with Gasteiger partial charge in [-0.2, -0.15) is 0 Å². The van der Waals surface area contributed by atoms with Crippen LogP contribution in [0.25, 0.3) is 0 Å². The Kier molecular flexibility index (Phi) is 17.6. The van der Waals surface area contributed by atoms with Gasteiger partial charge in [0.25, 0.3) is 0 Å². The Morgan fingerprint density at radius 3 is 1.77 bits per heavy atom. The molecule has 0 aromatic heterocycles. The Labute approximate surface area is 142 Å². The predicted octanol–water partition coefficient (Wildman–Crippen LogP) is 7.12. The molecule has 1 nitrogen and oxygen atoms in total. The normalized spacial score (nSPS) is 12.1. The van der Waals surface area contributed by atoms with E-state index < -0.39 is 0 Å². The van der Waals surface area contributed by atoms with Crippen LogP contribution in [0.1, 0.15) is 84.0 Å². The molecule has 0 aliphatic heterocycles. The molecule has 0 rings (SSSR count). The molecule has 0 aromatic rings. The van der Waals surface area contributed by atoms with E-state index in [1.165, 1.54) is 38.5 Å². The van der Waals surface area contributed by atoms with Gasteiger partial charge in [0.2, 0.25) is 5.24 Å². The molecule has 0 bridgehead atoms. The topological polar surface area (TPSA) is 17.1 Å². The molecule has 0 amide bonds. The van der Waals surface area contributed by atoms with Crippen molar-refractivity contribution in [2.24, 2.45) is 0 Å². The number of carbonyl (C=O) groups is 1. The molecule has 0 N–H and O–H groups in total. The van der Waals surface area contributed by atoms with Crippen molar-refractivity contribution >= 4 is 16.8 Å². The van der Waals surface area contributed by atoms with Gasteiger partial charge in [0, 0.05) is 6.42 Å². The Bertz CT molecular complexity index is 329. The predicted molar refractivity (Wildman–Crippen MR) is 99.4 cm³/mol. The highest BCUT2D eigenvalue weighted by Crippen LogP contribution is 2.07. The second-order valence-electron chi connectivity index (χ2n) is 5.69. The van der Waals surface area contributed by atoms with E-state index in [-0.39, 0.29) is 5.24 Å². The second-order valence-corrected chi connectivity index (χ2v) is 6.11. The van der Waals surface area contributed by atoms with Crippen molar-refractivity contribution in [1.82, 2.24) is 0 Å². The van der Waals surface area contributed by atoms with Crippen molar-refractivity contribution < 1.29 is 4.79 Å². The zero-order chi connectivity index (χ0) is 16.3. The van der Waals surface area contributed by atoms with Crippen LogP contribution in [0.15, 0.2) is 36.5 Å². The summed E-state index contributed by atoms with van der Waals surface area (Å²) in [6.45, 7) is 2.24. The minimum absolute atomic E-state index is 0.206. The molecule has 0 saturated heterocycles. The molecule has 126 valence electrons. The number of unbranched alkanes of at least 4 members (excludes halogenated alkanes) is 7. The Hall–Kier alpha value is -0.820. The molecule has 0 aliphatic rings. The Morgan fingerprint density at radius 2 is 1.23 bits per heavy atom. The molecular weight excluding hydrogens is 292 g/mol. The molecule has 0 unspecified atom stereocenters. The van der Waals surface area contributed by atoms with E-state index in [0.29, 0.717) is 6.42 Å². The first-order chi connectivity index (χ1) is 10.8. The largest absolute Gasteiger partial charge is 0.281 e. The first kappa shape index (κ1) is 21.2. The van der Waals surface area contributed by atoms with Crippen LogP contribution in [0.5, 0.6) is 0 Å². The van der Waals surface area contributed by atoms with Crippen LogP contribution in [0, 0.1) is 0 Å². The van der Waals surface area contributed by atoms with E-state index in [4.69, 9.17) is 11.6 Å². The molecule has 0 atom stereocenters. The van der Waals surface area contributed by atoms with Gasteiger partial charge >= 0.3 is 0 Å². The lowest BCUT2D eigenvalue weighted by Gasteiger charge is -1.96. The quantitative estimate of drug-likeness (QED) is 0.178. The maximum Gasteiger partial charge on any atom is 0.221 e. The SMILES string of the molecule is CCCCCC=CCC=CCC=CCCCCCCC(=O)Cl. The first-order valence-corrected chi connectivity index (χ1v) is 9.28. The average Bonchev–Trinajstić information content (AvgIpc) is 2.50. The average molecular weight is 325 g/mol. The zero-order valence-electron chi connectivity index (χ0n) is 14.2. The fraction of sp³-hybridized carbons (Fsp3) is 0.650. The third-order valence-electron chi connectivity index (χ3n) is 3.51. The molecule has 2 heteroatoms. The molecule has 0 aromatic carbocycles. The van der Waals surface area contributed by atoms with Crippen molar-refractivity contribution in [2.75, 3.05) is 0 Å². The summed E-state index contributed by atoms with van der Waals surface area (Å²) in [6.07, 6.45) is 26.9. The van der Waals surface area contributed by atoms with Crippen LogP contribution >= 0.6 is 11.6 Å². The highest BCUT2D eigenvalue weighted by atomic mass is 35.5. The summed E-state index contributed by atoms with van der Waals surface area (Å²) in [7, 11) is 0. The summed E-state index contributed by atoms with van der Waals surface area (Å²) in [5.41, 5.74) is 0. The van der Waals surface area contributed by atoms with Crippen molar-refractivity contribution in [2.45, 2.75) is 84.0 Å². The van der Waals surface area contributed by atoms with Crippen molar-refractivity contribution in [1.29, 1.82) is 0 Å². The summed E-state index contributed by atoms with van der Waals surface area (Å²) in [5.74, 6) is 0. The lowest BCUT2D eigenvalue weighted by molar-refractivity contribution is -0.111. The third kappa shape index (κ3) is 19.2. The molecule has 0 radical (unpaired) electrons. The van der Waals surface area contributed by atoms with Gasteiger partial charge in [-0.1, -0.05) is 69.1 Å². The number of allylic oxidation sites excluding steroid dienone is 6. The van der Waals surface area contributed by atoms with Gasteiger partial charge in [-0.25, -0.2) is 0 Å². The summed E-state index contributed by atoms with van der Waals surface area (Å²) in [4.78, 5) is 10.5. The maximum atomic E-state index is 10.5. The van der Waals surface area contributed by atoms with E-state index >= 15 is 0 Å². The lowest BCUT2D eigenvalue weighted by Crippen LogP contribution is -1.85. The van der Waals surface area contributed by atoms with Gasteiger partial charge in [0.1, 0.15) is 0 Å². The van der Waals surface area contributed by atoms with Gasteiger partial charge < -0.3 is 0 Å². The Morgan fingerprint density at radius 1 is 0.727 bits per heavy atom. The number of halogens is 1. The van der Waals surface area contributed by atoms with Crippen molar-refractivity contribution in [3.8, 4) is 0 Å². The van der Waals surface area contributed by atoms with E-state index in [1.54, 1.807) is 0 Å². The molecule has 0 saturated carbocycles. The van der Waals surface area contributed by atoms with Crippen LogP contribution in [-0.2, 0) is 4.79 Å². The number of rotatable bonds is 15. The second kappa shape index (κ2) is 18.2. The molecule has 0 fully saturated rings. The van der Waals surface area contributed by atoms with Crippen LogP contribution in [0.3, 0.4) is 0 Å². The van der Waals surface area contributed by atoms with Gasteiger partial charge in [0.05, 0.1) is 0 Å². The zero-order valence-corrected chi connectivity index (χ0v) is 15.0. The summed E-state index contributed by atoms with van der Waals surface area (Å²) >= 11 is 5.29. The van der Waals surface area contributed by atoms with Crippen LogP contribution in [0.2, 0.25) is 0 Å². The van der Waals surface area contributed by atoms with Gasteiger partial charge in [-0.3, -0.25) is 4.79 Å². The van der Waals surface area contributed by atoms with E-state index in [0.717, 1.165) is 32.1 Å². The van der Waals surface area contributed by atoms with Crippen LogP contribution in [-0.4, -0.2) is 5.24 Å². The summed E-state index contributed by atoms with van der Waals surface area (Å²) in [6, 6.07) is 0. The summed E-state index contributed by atoms with van der Waals surface area (Å²) < 4.78 is 0. The van der Waals surface area contributed by atoms with Gasteiger partial charge in [-0.15, -0.1) is 0 Å². The van der Waals surface area contributed by atoms with E-state index in [9.17, 15) is 4.79 Å². The number of hydrogen-bond donors (Lipinski definition) is 0. The minimum Gasteiger partial charge on any atom is -0.281 e. The van der Waals surface area contributed by atoms with Gasteiger partial charge in [0.15, 0.2) is 0 Å². The molecule has 0 spiro atoms. The maximum absolute atomic E-state index is 10.5. The minimum atomic E-state index is -0.206. The monoisotopic (exact) mass is 324 g/mol. The fourth-order valence-corrected chi connectivity index (χ4v) is 2.30. The lowest BCUT2D eigenvalue weighted by atomic mass is 10.1. The standard InChI is InChI=1S/C20H33ClO/c1-2-3-4-5-6-7-8-9-10-11-12-13-14-15-16-17-18-19-20(21)22/h6-7,9-10,12-13H,2-5,8,11,14-19H2,1H3. The third-order valence-corrected chi connectivity index (χ3v) is 3.70. The van der Waals surface area contributed by atoms with Crippen molar-refractivity contribution in [3.05, 3.63) is 36.5 Å². The first-order valence-electron chi connectivity index (χ1n) is 8.90. The van der Waals surface area contributed by atoms with E-state index in [2.05, 4.69) is 43.4 Å². The molecule has 0 aliphatic carbocycles. The molecular formula is C20H33ClO. The van der Waals surface area contributed by atoms with Crippen LogP contribution < -0.4 is 0 Å².